The lowest BCUT2D eigenvalue weighted by Gasteiger charge is -2.26. The summed E-state index contributed by atoms with van der Waals surface area (Å²) in [4.78, 5) is 10.8. The molecule has 0 fully saturated rings. The molecule has 33 heavy (non-hydrogen) atoms. The monoisotopic (exact) mass is 471 g/mol. The van der Waals surface area contributed by atoms with E-state index in [2.05, 4.69) is 10.0 Å². The molecule has 3 aromatic rings. The number of nitrogens with one attached hydrogen (secondary N) is 2. The van der Waals surface area contributed by atoms with Gasteiger partial charge in [-0.2, -0.15) is 0 Å². The van der Waals surface area contributed by atoms with Crippen molar-refractivity contribution in [3.8, 4) is 17.2 Å². The first-order valence-electron chi connectivity index (χ1n) is 9.93. The van der Waals surface area contributed by atoms with Crippen molar-refractivity contribution in [2.45, 2.75) is 11.0 Å². The molecule has 0 radical (unpaired) electrons. The first-order chi connectivity index (χ1) is 15.9. The van der Waals surface area contributed by atoms with E-state index in [1.54, 1.807) is 24.3 Å². The number of hydrogen-bond donors (Lipinski definition) is 2. The molecule has 10 nitrogen and oxygen atoms in total. The van der Waals surface area contributed by atoms with Crippen LogP contribution in [-0.4, -0.2) is 39.7 Å². The molecule has 0 amide bonds. The van der Waals surface area contributed by atoms with Crippen molar-refractivity contribution in [2.75, 3.05) is 30.3 Å². The van der Waals surface area contributed by atoms with Crippen molar-refractivity contribution in [3.63, 3.8) is 0 Å². The molecule has 0 aliphatic carbocycles. The van der Waals surface area contributed by atoms with Crippen LogP contribution in [-0.2, 0) is 10.0 Å². The number of methoxy groups -OCH3 is 1. The summed E-state index contributed by atoms with van der Waals surface area (Å²) in [5, 5.41) is 14.6. The highest BCUT2D eigenvalue weighted by Crippen LogP contribution is 2.32. The highest BCUT2D eigenvalue weighted by molar-refractivity contribution is 7.92. The van der Waals surface area contributed by atoms with E-state index < -0.39 is 14.9 Å². The van der Waals surface area contributed by atoms with Gasteiger partial charge in [0.1, 0.15) is 24.1 Å². The molecular weight excluding hydrogens is 450 g/mol. The van der Waals surface area contributed by atoms with Gasteiger partial charge < -0.3 is 19.5 Å². The van der Waals surface area contributed by atoms with E-state index in [0.29, 0.717) is 22.9 Å². The molecule has 4 rings (SSSR count). The SMILES string of the molecule is COc1ccc(NS(=O)(=O)c2ccc(NC[C@@H]3COc4ccccc4O3)c([N+](=O)[O-])c2)cc1. The standard InChI is InChI=1S/C22H21N3O7S/c1-30-16-8-6-15(7-9-16)24-33(28,29)18-10-11-19(20(12-18)25(26)27)23-13-17-14-31-21-4-2-3-5-22(21)32-17/h2-12,17,23-24H,13-14H2,1H3/t17-/m1/s1. The van der Waals surface area contributed by atoms with E-state index in [1.165, 1.54) is 31.4 Å². The summed E-state index contributed by atoms with van der Waals surface area (Å²) >= 11 is 0. The molecule has 1 atom stereocenters. The Labute approximate surface area is 190 Å². The minimum atomic E-state index is -4.04. The number of nitro benzene ring substituents is 1. The number of hydrogen-bond acceptors (Lipinski definition) is 8. The lowest BCUT2D eigenvalue weighted by Crippen LogP contribution is -2.35. The van der Waals surface area contributed by atoms with Gasteiger partial charge in [-0.3, -0.25) is 14.8 Å². The van der Waals surface area contributed by atoms with Gasteiger partial charge in [0, 0.05) is 11.8 Å². The third kappa shape index (κ3) is 5.09. The second-order valence-corrected chi connectivity index (χ2v) is 8.83. The van der Waals surface area contributed by atoms with Crippen molar-refractivity contribution in [1.29, 1.82) is 0 Å². The fraction of sp³-hybridized carbons (Fsp3) is 0.182. The van der Waals surface area contributed by atoms with Crippen LogP contribution < -0.4 is 24.2 Å². The average Bonchev–Trinajstić information content (AvgIpc) is 2.82. The molecular formula is C22H21N3O7S. The number of benzene rings is 3. The molecule has 2 N–H and O–H groups in total. The van der Waals surface area contributed by atoms with Crippen LogP contribution in [0.3, 0.4) is 0 Å². The van der Waals surface area contributed by atoms with E-state index in [9.17, 15) is 18.5 Å². The number of rotatable bonds is 8. The predicted octanol–water partition coefficient (Wildman–Crippen LogP) is 3.66. The first-order valence-corrected chi connectivity index (χ1v) is 11.4. The normalized spacial score (nSPS) is 14.9. The summed E-state index contributed by atoms with van der Waals surface area (Å²) in [5.74, 6) is 1.80. The van der Waals surface area contributed by atoms with Crippen LogP contribution in [0.5, 0.6) is 17.2 Å². The Morgan fingerprint density at radius 2 is 1.82 bits per heavy atom. The van der Waals surface area contributed by atoms with Crippen LogP contribution in [0.25, 0.3) is 0 Å². The molecule has 0 saturated heterocycles. The summed E-state index contributed by atoms with van der Waals surface area (Å²) in [6.07, 6.45) is -0.375. The van der Waals surface area contributed by atoms with Gasteiger partial charge in [0.05, 0.1) is 23.5 Å². The number of para-hydroxylation sites is 2. The van der Waals surface area contributed by atoms with Gasteiger partial charge in [0.25, 0.3) is 15.7 Å². The number of nitro groups is 1. The van der Waals surface area contributed by atoms with Crippen LogP contribution in [0.2, 0.25) is 0 Å². The van der Waals surface area contributed by atoms with E-state index in [1.807, 2.05) is 12.1 Å². The molecule has 1 heterocycles. The van der Waals surface area contributed by atoms with Crippen LogP contribution in [0.15, 0.2) is 71.6 Å². The fourth-order valence-electron chi connectivity index (χ4n) is 3.24. The highest BCUT2D eigenvalue weighted by Gasteiger charge is 2.24. The molecule has 1 aliphatic heterocycles. The summed E-state index contributed by atoms with van der Waals surface area (Å²) in [6, 6.07) is 17.2. The minimum absolute atomic E-state index is 0.172. The van der Waals surface area contributed by atoms with E-state index in [0.717, 1.165) is 6.07 Å². The molecule has 3 aromatic carbocycles. The van der Waals surface area contributed by atoms with E-state index in [-0.39, 0.29) is 35.5 Å². The van der Waals surface area contributed by atoms with Crippen molar-refractivity contribution in [1.82, 2.24) is 0 Å². The van der Waals surface area contributed by atoms with Crippen molar-refractivity contribution in [2.24, 2.45) is 0 Å². The maximum Gasteiger partial charge on any atom is 0.293 e. The number of ether oxygens (including phenoxy) is 3. The van der Waals surface area contributed by atoms with Gasteiger partial charge in [-0.25, -0.2) is 8.42 Å². The van der Waals surface area contributed by atoms with Crippen LogP contribution >= 0.6 is 0 Å². The average molecular weight is 471 g/mol. The van der Waals surface area contributed by atoms with Gasteiger partial charge in [0.2, 0.25) is 0 Å². The zero-order valence-corrected chi connectivity index (χ0v) is 18.4. The Balaban J connectivity index is 1.48. The summed E-state index contributed by atoms with van der Waals surface area (Å²) in [6.45, 7) is 0.501. The van der Waals surface area contributed by atoms with Crippen molar-refractivity contribution >= 4 is 27.1 Å². The zero-order chi connectivity index (χ0) is 23.4. The highest BCUT2D eigenvalue weighted by atomic mass is 32.2. The summed E-state index contributed by atoms with van der Waals surface area (Å²) < 4.78 is 44.4. The van der Waals surface area contributed by atoms with Gasteiger partial charge in [-0.05, 0) is 48.5 Å². The zero-order valence-electron chi connectivity index (χ0n) is 17.6. The fourth-order valence-corrected chi connectivity index (χ4v) is 4.32. The lowest BCUT2D eigenvalue weighted by atomic mass is 10.2. The lowest BCUT2D eigenvalue weighted by molar-refractivity contribution is -0.384. The van der Waals surface area contributed by atoms with Crippen molar-refractivity contribution in [3.05, 3.63) is 76.8 Å². The number of fused-ring (bicyclic) bond motifs is 1. The van der Waals surface area contributed by atoms with Crippen LogP contribution in [0.1, 0.15) is 0 Å². The Morgan fingerprint density at radius 1 is 1.09 bits per heavy atom. The molecule has 0 saturated carbocycles. The third-order valence-electron chi connectivity index (χ3n) is 4.91. The van der Waals surface area contributed by atoms with Crippen molar-refractivity contribution < 1.29 is 27.6 Å². The van der Waals surface area contributed by atoms with Gasteiger partial charge in [-0.15, -0.1) is 0 Å². The van der Waals surface area contributed by atoms with E-state index in [4.69, 9.17) is 14.2 Å². The number of anilines is 2. The molecule has 172 valence electrons. The molecule has 11 heteroatoms. The molecule has 0 unspecified atom stereocenters. The number of sulfonamides is 1. The maximum atomic E-state index is 12.7. The second-order valence-electron chi connectivity index (χ2n) is 7.15. The summed E-state index contributed by atoms with van der Waals surface area (Å²) in [7, 11) is -2.54. The minimum Gasteiger partial charge on any atom is -0.497 e. The first kappa shape index (κ1) is 22.2. The van der Waals surface area contributed by atoms with Crippen LogP contribution in [0.4, 0.5) is 17.1 Å². The Bertz CT molecular complexity index is 1260. The number of nitrogens with zero attached hydrogens (tertiary/aromatic N) is 1. The topological polar surface area (TPSA) is 129 Å². The smallest absolute Gasteiger partial charge is 0.293 e. The molecule has 0 aromatic heterocycles. The second kappa shape index (κ2) is 9.25. The summed E-state index contributed by atoms with van der Waals surface area (Å²) in [5.41, 5.74) is 0.103. The third-order valence-corrected chi connectivity index (χ3v) is 6.29. The Morgan fingerprint density at radius 3 is 2.52 bits per heavy atom. The predicted molar refractivity (Wildman–Crippen MR) is 122 cm³/mol. The van der Waals surface area contributed by atoms with E-state index >= 15 is 0 Å². The van der Waals surface area contributed by atoms with Gasteiger partial charge in [-0.1, -0.05) is 12.1 Å². The van der Waals surface area contributed by atoms with Crippen LogP contribution in [0, 0.1) is 10.1 Å². The molecule has 0 spiro atoms. The quantitative estimate of drug-likeness (QED) is 0.376. The van der Waals surface area contributed by atoms with Gasteiger partial charge >= 0.3 is 0 Å². The maximum absolute atomic E-state index is 12.7. The largest absolute Gasteiger partial charge is 0.497 e. The van der Waals surface area contributed by atoms with Gasteiger partial charge in [0.15, 0.2) is 11.5 Å². The Hall–Kier alpha value is -3.99. The molecule has 0 bridgehead atoms. The molecule has 1 aliphatic rings. The Kier molecular flexibility index (Phi) is 6.22.